The van der Waals surface area contributed by atoms with Crippen LogP contribution in [0.1, 0.15) is 33.6 Å². The van der Waals surface area contributed by atoms with E-state index in [0.717, 1.165) is 0 Å². The molecule has 0 nitrogen and oxygen atoms in total. The summed E-state index contributed by atoms with van der Waals surface area (Å²) in [7, 11) is 0.754. The van der Waals surface area contributed by atoms with Crippen molar-refractivity contribution >= 4 is 19.0 Å². The summed E-state index contributed by atoms with van der Waals surface area (Å²) < 4.78 is 0. The van der Waals surface area contributed by atoms with Crippen LogP contribution < -0.4 is 0 Å². The Morgan fingerprint density at radius 1 is 1.00 bits per heavy atom. The molecule has 0 aliphatic heterocycles. The average Bonchev–Trinajstić information content (AvgIpc) is 1.97. The summed E-state index contributed by atoms with van der Waals surface area (Å²) in [5, 5.41) is 1.25. The molecule has 0 heterocycles. The van der Waals surface area contributed by atoms with Crippen LogP contribution in [0.15, 0.2) is 0 Å². The van der Waals surface area contributed by atoms with Gasteiger partial charge in [-0.15, -0.1) is 0 Å². The third-order valence-corrected chi connectivity index (χ3v) is 8.75. The fraction of sp³-hybridized carbons (Fsp3) is 1.00. The first kappa shape index (κ1) is 10.4. The third kappa shape index (κ3) is 6.55. The summed E-state index contributed by atoms with van der Waals surface area (Å²) >= 11 is 0. The third-order valence-electron chi connectivity index (χ3n) is 2.10. The van der Waals surface area contributed by atoms with E-state index in [4.69, 9.17) is 0 Å². The Morgan fingerprint density at radius 2 is 1.40 bits per heavy atom. The summed E-state index contributed by atoms with van der Waals surface area (Å²) in [6, 6.07) is 3.19. The summed E-state index contributed by atoms with van der Waals surface area (Å²) in [4.78, 5) is 0. The quantitative estimate of drug-likeness (QED) is 0.538. The highest BCUT2D eigenvalue weighted by atomic mass is 28.3. The van der Waals surface area contributed by atoms with E-state index in [9.17, 15) is 0 Å². The average molecular weight is 174 g/mol. The van der Waals surface area contributed by atoms with Gasteiger partial charge in [0.05, 0.1) is 0 Å². The van der Waals surface area contributed by atoms with Crippen LogP contribution in [0, 0.1) is 0 Å². The molecule has 0 aliphatic carbocycles. The predicted molar refractivity (Wildman–Crippen MR) is 56.7 cm³/mol. The summed E-state index contributed by atoms with van der Waals surface area (Å²) in [6.45, 7) is 7.14. The van der Waals surface area contributed by atoms with Crippen molar-refractivity contribution in [2.45, 2.75) is 50.9 Å². The van der Waals surface area contributed by atoms with E-state index >= 15 is 0 Å². The summed E-state index contributed by atoms with van der Waals surface area (Å²) in [5.74, 6) is 0. The van der Waals surface area contributed by atoms with Crippen LogP contribution in [0.4, 0.5) is 0 Å². The van der Waals surface area contributed by atoms with Crippen LogP contribution in [0.3, 0.4) is 0 Å². The van der Waals surface area contributed by atoms with Gasteiger partial charge in [0.25, 0.3) is 0 Å². The Bertz CT molecular complexity index is 56.3. The fourth-order valence-electron chi connectivity index (χ4n) is 1.25. The van der Waals surface area contributed by atoms with E-state index in [2.05, 4.69) is 20.8 Å². The Labute approximate surface area is 70.4 Å². The van der Waals surface area contributed by atoms with Crippen molar-refractivity contribution in [3.8, 4) is 0 Å². The van der Waals surface area contributed by atoms with Crippen LogP contribution in [-0.2, 0) is 0 Å². The molecule has 10 heavy (non-hydrogen) atoms. The second-order valence-electron chi connectivity index (χ2n) is 3.39. The Kier molecular flexibility index (Phi) is 7.87. The van der Waals surface area contributed by atoms with Gasteiger partial charge >= 0.3 is 0 Å². The van der Waals surface area contributed by atoms with Crippen LogP contribution in [0.2, 0.25) is 17.3 Å². The lowest BCUT2D eigenvalue weighted by Crippen LogP contribution is -2.06. The molecule has 62 valence electrons. The zero-order valence-electron chi connectivity index (χ0n) is 7.82. The highest BCUT2D eigenvalue weighted by Crippen LogP contribution is 2.05. The summed E-state index contributed by atoms with van der Waals surface area (Å²) in [6.07, 6.45) is 2.88. The molecule has 0 aromatic carbocycles. The van der Waals surface area contributed by atoms with Gasteiger partial charge < -0.3 is 0 Å². The van der Waals surface area contributed by atoms with E-state index in [1.165, 1.54) is 18.0 Å². The van der Waals surface area contributed by atoms with Gasteiger partial charge in [-0.05, 0) is 0 Å². The van der Waals surface area contributed by atoms with Gasteiger partial charge in [-0.3, -0.25) is 0 Å². The number of hydrogen-bond donors (Lipinski definition) is 0. The maximum absolute atomic E-state index is 2.50. The second-order valence-corrected chi connectivity index (χ2v) is 9.90. The molecular formula is C8H22Si2. The molecule has 2 heteroatoms. The molecule has 0 aromatic heterocycles. The molecule has 0 saturated carbocycles. The van der Waals surface area contributed by atoms with Crippen molar-refractivity contribution in [2.24, 2.45) is 0 Å². The van der Waals surface area contributed by atoms with Crippen LogP contribution in [0.5, 0.6) is 0 Å². The van der Waals surface area contributed by atoms with Gasteiger partial charge in [-0.2, -0.15) is 0 Å². The first-order valence-electron chi connectivity index (χ1n) is 4.81. The highest BCUT2D eigenvalue weighted by molar-refractivity contribution is 6.58. The predicted octanol–water partition coefficient (Wildman–Crippen LogP) is 1.75. The smallest absolute Gasteiger partial charge is 0.0194 e. The van der Waals surface area contributed by atoms with Crippen LogP contribution in [0.25, 0.3) is 0 Å². The molecule has 0 aliphatic rings. The first-order valence-corrected chi connectivity index (χ1v) is 8.44. The molecule has 0 unspecified atom stereocenters. The molecule has 0 spiro atoms. The molecule has 0 rings (SSSR count). The second kappa shape index (κ2) is 7.54. The van der Waals surface area contributed by atoms with Crippen molar-refractivity contribution in [3.05, 3.63) is 0 Å². The molecule has 0 aromatic rings. The number of rotatable bonds is 6. The van der Waals surface area contributed by atoms with E-state index in [1.807, 2.05) is 0 Å². The molecule has 0 amide bonds. The van der Waals surface area contributed by atoms with Crippen molar-refractivity contribution in [1.82, 2.24) is 0 Å². The van der Waals surface area contributed by atoms with Crippen molar-refractivity contribution in [1.29, 1.82) is 0 Å². The van der Waals surface area contributed by atoms with Gasteiger partial charge in [-0.1, -0.05) is 50.9 Å². The monoisotopic (exact) mass is 174 g/mol. The molecule has 0 fully saturated rings. The largest absolute Gasteiger partial charge is 0.0683 e. The molecular weight excluding hydrogens is 152 g/mol. The summed E-state index contributed by atoms with van der Waals surface area (Å²) in [5.41, 5.74) is 0. The van der Waals surface area contributed by atoms with Crippen molar-refractivity contribution in [2.75, 3.05) is 0 Å². The minimum atomic E-state index is 0.377. The fourth-order valence-corrected chi connectivity index (χ4v) is 6.35. The van der Waals surface area contributed by atoms with E-state index in [1.54, 1.807) is 12.1 Å². The van der Waals surface area contributed by atoms with E-state index in [-0.39, 0.29) is 0 Å². The zero-order valence-corrected chi connectivity index (χ0v) is 10.6. The van der Waals surface area contributed by atoms with E-state index < -0.39 is 0 Å². The van der Waals surface area contributed by atoms with Gasteiger partial charge in [0.15, 0.2) is 0 Å². The van der Waals surface area contributed by atoms with Crippen molar-refractivity contribution < 1.29 is 0 Å². The van der Waals surface area contributed by atoms with Gasteiger partial charge in [-0.25, -0.2) is 0 Å². The van der Waals surface area contributed by atoms with Gasteiger partial charge in [0, 0.05) is 19.0 Å². The number of hydrogen-bond acceptors (Lipinski definition) is 0. The maximum Gasteiger partial charge on any atom is 0.0194 e. The lowest BCUT2D eigenvalue weighted by molar-refractivity contribution is 1.04. The lowest BCUT2D eigenvalue weighted by atomic mass is 10.6. The standard InChI is InChI=1S/C8H22Si2/c1-4-6-9-8(3)10-7-5-2/h8H,4-7,9-10H2,1-3H3. The van der Waals surface area contributed by atoms with Crippen LogP contribution in [-0.4, -0.2) is 19.0 Å². The minimum Gasteiger partial charge on any atom is -0.0683 e. The first-order chi connectivity index (χ1) is 4.81. The maximum atomic E-state index is 2.50. The van der Waals surface area contributed by atoms with Gasteiger partial charge in [0.2, 0.25) is 0 Å². The Morgan fingerprint density at radius 3 is 1.70 bits per heavy atom. The minimum absolute atomic E-state index is 0.377. The molecule has 0 N–H and O–H groups in total. The molecule has 0 saturated heterocycles. The Balaban J connectivity index is 3.00. The van der Waals surface area contributed by atoms with Crippen LogP contribution >= 0.6 is 0 Å². The molecule has 0 radical (unpaired) electrons. The normalized spacial score (nSPS) is 15.9. The Hall–Kier alpha value is 0.434. The highest BCUT2D eigenvalue weighted by Gasteiger charge is 2.00. The lowest BCUT2D eigenvalue weighted by Gasteiger charge is -2.06. The molecule has 0 atom stereocenters. The molecule has 0 bridgehead atoms. The van der Waals surface area contributed by atoms with Gasteiger partial charge in [0.1, 0.15) is 0 Å². The SMILES string of the molecule is CCC[SiH2]C(C)[SiH2]CCC. The van der Waals surface area contributed by atoms with Crippen molar-refractivity contribution in [3.63, 3.8) is 0 Å². The topological polar surface area (TPSA) is 0 Å². The van der Waals surface area contributed by atoms with E-state index in [0.29, 0.717) is 19.0 Å². The zero-order chi connectivity index (χ0) is 7.82.